The van der Waals surface area contributed by atoms with Gasteiger partial charge in [0.2, 0.25) is 0 Å². The zero-order valence-electron chi connectivity index (χ0n) is 12.2. The van der Waals surface area contributed by atoms with Crippen molar-refractivity contribution >= 4 is 11.7 Å². The molecule has 1 aliphatic heterocycles. The molecule has 1 aromatic carbocycles. The van der Waals surface area contributed by atoms with E-state index in [1.54, 1.807) is 0 Å². The summed E-state index contributed by atoms with van der Waals surface area (Å²) < 4.78 is 5.13. The van der Waals surface area contributed by atoms with Crippen LogP contribution in [0.5, 0.6) is 0 Å². The number of anilines is 1. The molecule has 0 bridgehead atoms. The smallest absolute Gasteiger partial charge is 0.310 e. The first-order valence-electron chi connectivity index (χ1n) is 7.42. The number of carbonyl (C=O) groups excluding carboxylic acids is 1. The summed E-state index contributed by atoms with van der Waals surface area (Å²) in [5.41, 5.74) is 7.77. The minimum absolute atomic E-state index is 0.0373. The zero-order valence-corrected chi connectivity index (χ0v) is 12.2. The molecule has 1 atom stereocenters. The number of ether oxygens (including phenoxy) is 1. The van der Waals surface area contributed by atoms with Crippen molar-refractivity contribution < 1.29 is 9.53 Å². The van der Waals surface area contributed by atoms with Crippen molar-refractivity contribution in [3.8, 4) is 0 Å². The lowest BCUT2D eigenvalue weighted by Gasteiger charge is -2.31. The summed E-state index contributed by atoms with van der Waals surface area (Å²) in [5.74, 6) is 0.0137. The molecule has 20 heavy (non-hydrogen) atoms. The van der Waals surface area contributed by atoms with Gasteiger partial charge >= 0.3 is 5.97 Å². The van der Waals surface area contributed by atoms with E-state index in [4.69, 9.17) is 10.5 Å². The Hall–Kier alpha value is -1.55. The van der Waals surface area contributed by atoms with E-state index < -0.39 is 0 Å². The molecule has 0 spiro atoms. The lowest BCUT2D eigenvalue weighted by molar-refractivity contribution is -0.149. The number of nitrogens with zero attached hydrogens (tertiary/aromatic N) is 1. The van der Waals surface area contributed by atoms with E-state index in [0.29, 0.717) is 6.61 Å². The Morgan fingerprint density at radius 3 is 2.85 bits per heavy atom. The van der Waals surface area contributed by atoms with E-state index >= 15 is 0 Å². The molecule has 1 saturated heterocycles. The number of hydrogen-bond acceptors (Lipinski definition) is 4. The van der Waals surface area contributed by atoms with Crippen molar-refractivity contribution in [2.24, 2.45) is 5.92 Å². The van der Waals surface area contributed by atoms with Gasteiger partial charge in [-0.15, -0.1) is 0 Å². The zero-order chi connectivity index (χ0) is 14.4. The van der Waals surface area contributed by atoms with Crippen LogP contribution in [-0.2, 0) is 16.0 Å². The van der Waals surface area contributed by atoms with Gasteiger partial charge in [-0.25, -0.2) is 0 Å². The van der Waals surface area contributed by atoms with Crippen LogP contribution in [0.3, 0.4) is 0 Å². The normalized spacial score (nSPS) is 19.8. The third kappa shape index (κ3) is 4.23. The van der Waals surface area contributed by atoms with Crippen molar-refractivity contribution in [2.75, 3.05) is 32.0 Å². The molecule has 0 saturated carbocycles. The van der Waals surface area contributed by atoms with Crippen LogP contribution in [0.4, 0.5) is 5.69 Å². The van der Waals surface area contributed by atoms with E-state index in [-0.39, 0.29) is 11.9 Å². The Morgan fingerprint density at radius 2 is 2.15 bits per heavy atom. The second-order valence-corrected chi connectivity index (χ2v) is 5.38. The maximum absolute atomic E-state index is 11.8. The van der Waals surface area contributed by atoms with Gasteiger partial charge < -0.3 is 15.4 Å². The van der Waals surface area contributed by atoms with E-state index in [1.165, 1.54) is 5.56 Å². The van der Waals surface area contributed by atoms with Crippen LogP contribution in [0, 0.1) is 5.92 Å². The van der Waals surface area contributed by atoms with Crippen molar-refractivity contribution in [2.45, 2.75) is 26.2 Å². The van der Waals surface area contributed by atoms with Gasteiger partial charge in [0, 0.05) is 18.8 Å². The Kier molecular flexibility index (Phi) is 5.41. The summed E-state index contributed by atoms with van der Waals surface area (Å²) in [6, 6.07) is 8.02. The van der Waals surface area contributed by atoms with Crippen molar-refractivity contribution in [3.05, 3.63) is 29.8 Å². The summed E-state index contributed by atoms with van der Waals surface area (Å²) in [5, 5.41) is 0. The lowest BCUT2D eigenvalue weighted by Crippen LogP contribution is -2.40. The Morgan fingerprint density at radius 1 is 1.40 bits per heavy atom. The Bertz CT molecular complexity index is 431. The second-order valence-electron chi connectivity index (χ2n) is 5.38. The van der Waals surface area contributed by atoms with Crippen molar-refractivity contribution in [3.63, 3.8) is 0 Å². The first-order chi connectivity index (χ1) is 9.69. The number of rotatable bonds is 5. The van der Waals surface area contributed by atoms with E-state index in [2.05, 4.69) is 17.0 Å². The Balaban J connectivity index is 1.80. The van der Waals surface area contributed by atoms with Crippen LogP contribution in [0.15, 0.2) is 24.3 Å². The molecule has 4 nitrogen and oxygen atoms in total. The molecule has 0 amide bonds. The van der Waals surface area contributed by atoms with Gasteiger partial charge in [0.25, 0.3) is 0 Å². The van der Waals surface area contributed by atoms with Crippen LogP contribution >= 0.6 is 0 Å². The first-order valence-corrected chi connectivity index (χ1v) is 7.42. The molecule has 2 rings (SSSR count). The molecule has 1 aromatic rings. The first kappa shape index (κ1) is 14.9. The van der Waals surface area contributed by atoms with Crippen molar-refractivity contribution in [1.29, 1.82) is 0 Å². The molecule has 4 heteroatoms. The van der Waals surface area contributed by atoms with Gasteiger partial charge in [0.15, 0.2) is 0 Å². The third-order valence-corrected chi connectivity index (χ3v) is 3.82. The number of hydrogen-bond donors (Lipinski definition) is 1. The number of carbonyl (C=O) groups is 1. The molecule has 1 aliphatic rings. The summed E-state index contributed by atoms with van der Waals surface area (Å²) in [6.07, 6.45) is 3.03. The minimum atomic E-state index is -0.0373. The highest BCUT2D eigenvalue weighted by Gasteiger charge is 2.26. The number of piperidine rings is 1. The number of esters is 1. The topological polar surface area (TPSA) is 55.6 Å². The van der Waals surface area contributed by atoms with Crippen LogP contribution < -0.4 is 5.73 Å². The van der Waals surface area contributed by atoms with Crippen LogP contribution in [0.1, 0.15) is 25.3 Å². The lowest BCUT2D eigenvalue weighted by atomic mass is 9.98. The predicted molar refractivity (Wildman–Crippen MR) is 80.4 cm³/mol. The molecule has 1 unspecified atom stereocenters. The van der Waals surface area contributed by atoms with Crippen molar-refractivity contribution in [1.82, 2.24) is 4.90 Å². The number of nitrogen functional groups attached to an aromatic ring is 1. The summed E-state index contributed by atoms with van der Waals surface area (Å²) in [4.78, 5) is 14.2. The largest absolute Gasteiger partial charge is 0.466 e. The second kappa shape index (κ2) is 7.29. The molecular weight excluding hydrogens is 252 g/mol. The highest BCUT2D eigenvalue weighted by Crippen LogP contribution is 2.18. The predicted octanol–water partition coefficient (Wildman–Crippen LogP) is 2.09. The minimum Gasteiger partial charge on any atom is -0.466 e. The summed E-state index contributed by atoms with van der Waals surface area (Å²) >= 11 is 0. The molecule has 0 aliphatic carbocycles. The Labute approximate surface area is 120 Å². The van der Waals surface area contributed by atoms with Gasteiger partial charge in [0.05, 0.1) is 12.5 Å². The summed E-state index contributed by atoms with van der Waals surface area (Å²) in [6.45, 7) is 5.22. The third-order valence-electron chi connectivity index (χ3n) is 3.82. The van der Waals surface area contributed by atoms with Gasteiger partial charge in [0.1, 0.15) is 0 Å². The average molecular weight is 276 g/mol. The van der Waals surface area contributed by atoms with Crippen LogP contribution in [0.25, 0.3) is 0 Å². The molecule has 1 heterocycles. The number of benzene rings is 1. The van der Waals surface area contributed by atoms with Gasteiger partial charge in [-0.1, -0.05) is 12.1 Å². The monoisotopic (exact) mass is 276 g/mol. The quantitative estimate of drug-likeness (QED) is 0.661. The van der Waals surface area contributed by atoms with Gasteiger partial charge in [-0.2, -0.15) is 0 Å². The van der Waals surface area contributed by atoms with E-state index in [0.717, 1.165) is 44.6 Å². The fraction of sp³-hybridized carbons (Fsp3) is 0.562. The molecule has 110 valence electrons. The molecule has 2 N–H and O–H groups in total. The maximum atomic E-state index is 11.8. The van der Waals surface area contributed by atoms with Crippen LogP contribution in [-0.4, -0.2) is 37.1 Å². The fourth-order valence-corrected chi connectivity index (χ4v) is 2.68. The van der Waals surface area contributed by atoms with E-state index in [1.807, 2.05) is 19.1 Å². The maximum Gasteiger partial charge on any atom is 0.310 e. The highest BCUT2D eigenvalue weighted by molar-refractivity contribution is 5.72. The molecule has 0 radical (unpaired) electrons. The number of nitrogens with two attached hydrogens (primary N) is 1. The van der Waals surface area contributed by atoms with Gasteiger partial charge in [-0.3, -0.25) is 4.79 Å². The van der Waals surface area contributed by atoms with Gasteiger partial charge in [-0.05, 0) is 50.4 Å². The standard InChI is InChI=1S/C16H24N2O2/c1-2-20-16(19)14-4-3-10-18(12-14)11-9-13-5-7-15(17)8-6-13/h5-8,14H,2-4,9-12,17H2,1H3. The molecular formula is C16H24N2O2. The fourth-order valence-electron chi connectivity index (χ4n) is 2.68. The average Bonchev–Trinajstić information content (AvgIpc) is 2.47. The molecule has 0 aromatic heterocycles. The summed E-state index contributed by atoms with van der Waals surface area (Å²) in [7, 11) is 0. The van der Waals surface area contributed by atoms with E-state index in [9.17, 15) is 4.79 Å². The number of likely N-dealkylation sites (tertiary alicyclic amines) is 1. The highest BCUT2D eigenvalue weighted by atomic mass is 16.5. The van der Waals surface area contributed by atoms with Crippen LogP contribution in [0.2, 0.25) is 0 Å². The SMILES string of the molecule is CCOC(=O)C1CCCN(CCc2ccc(N)cc2)C1. The molecule has 1 fully saturated rings.